The van der Waals surface area contributed by atoms with Crippen molar-refractivity contribution in [2.24, 2.45) is 5.92 Å². The van der Waals surface area contributed by atoms with Gasteiger partial charge in [0.25, 0.3) is 0 Å². The van der Waals surface area contributed by atoms with Crippen molar-refractivity contribution in [2.45, 2.75) is 64.0 Å². The van der Waals surface area contributed by atoms with Crippen LogP contribution in [0.1, 0.15) is 62.6 Å². The Bertz CT molecular complexity index is 398. The van der Waals surface area contributed by atoms with E-state index in [2.05, 4.69) is 36.5 Å². The molecule has 3 unspecified atom stereocenters. The van der Waals surface area contributed by atoms with Crippen molar-refractivity contribution in [1.82, 2.24) is 5.32 Å². The lowest BCUT2D eigenvalue weighted by Crippen LogP contribution is -2.36. The molecule has 0 aromatic heterocycles. The number of benzene rings is 1. The van der Waals surface area contributed by atoms with Gasteiger partial charge in [0.1, 0.15) is 0 Å². The van der Waals surface area contributed by atoms with Crippen molar-refractivity contribution in [3.05, 3.63) is 35.4 Å². The summed E-state index contributed by atoms with van der Waals surface area (Å²) in [5.74, 6) is 0.966. The largest absolute Gasteiger partial charge is 0.307 e. The third-order valence-corrected chi connectivity index (χ3v) is 4.93. The number of fused-ring (bicyclic) bond motifs is 1. The topological polar surface area (TPSA) is 12.0 Å². The molecule has 0 spiro atoms. The molecule has 3 rings (SSSR count). The average molecular weight is 243 g/mol. The van der Waals surface area contributed by atoms with Gasteiger partial charge >= 0.3 is 0 Å². The molecule has 0 amide bonds. The fourth-order valence-corrected chi connectivity index (χ4v) is 3.83. The lowest BCUT2D eigenvalue weighted by atomic mass is 9.84. The summed E-state index contributed by atoms with van der Waals surface area (Å²) in [5.41, 5.74) is 3.13. The molecule has 1 aromatic rings. The van der Waals surface area contributed by atoms with Gasteiger partial charge in [0.2, 0.25) is 0 Å². The van der Waals surface area contributed by atoms with Crippen LogP contribution in [-0.2, 0) is 6.42 Å². The maximum atomic E-state index is 3.94. The van der Waals surface area contributed by atoms with E-state index in [-0.39, 0.29) is 0 Å². The Morgan fingerprint density at radius 1 is 1.17 bits per heavy atom. The van der Waals surface area contributed by atoms with Gasteiger partial charge in [-0.3, -0.25) is 0 Å². The first-order valence-electron chi connectivity index (χ1n) is 7.70. The third-order valence-electron chi connectivity index (χ3n) is 4.93. The molecule has 2 aliphatic carbocycles. The number of hydrogen-bond acceptors (Lipinski definition) is 1. The second kappa shape index (κ2) is 5.44. The van der Waals surface area contributed by atoms with Crippen molar-refractivity contribution >= 4 is 0 Å². The first-order chi connectivity index (χ1) is 8.86. The summed E-state index contributed by atoms with van der Waals surface area (Å²) in [6.07, 6.45) is 9.58. The molecular formula is C17H25N. The summed E-state index contributed by atoms with van der Waals surface area (Å²) >= 11 is 0. The standard InChI is InChI=1S/C17H25N/c1-2-13-6-5-8-15(12-13)18-17-11-10-14-7-3-4-9-16(14)17/h3-4,7,9,13,15,17-18H,2,5-6,8,10-12H2,1H3. The van der Waals surface area contributed by atoms with Crippen LogP contribution in [0.25, 0.3) is 0 Å². The highest BCUT2D eigenvalue weighted by atomic mass is 15.0. The molecule has 0 heterocycles. The first-order valence-corrected chi connectivity index (χ1v) is 7.70. The molecule has 1 fully saturated rings. The highest BCUT2D eigenvalue weighted by Gasteiger charge is 2.27. The van der Waals surface area contributed by atoms with Gasteiger partial charge in [0.05, 0.1) is 0 Å². The number of rotatable bonds is 3. The molecule has 1 N–H and O–H groups in total. The van der Waals surface area contributed by atoms with Crippen molar-refractivity contribution in [3.8, 4) is 0 Å². The predicted molar refractivity (Wildman–Crippen MR) is 76.7 cm³/mol. The van der Waals surface area contributed by atoms with E-state index in [1.54, 1.807) is 11.1 Å². The number of aryl methyl sites for hydroxylation is 1. The molecular weight excluding hydrogens is 218 g/mol. The molecule has 98 valence electrons. The van der Waals surface area contributed by atoms with Gasteiger partial charge in [0.15, 0.2) is 0 Å². The highest BCUT2D eigenvalue weighted by molar-refractivity contribution is 5.34. The quantitative estimate of drug-likeness (QED) is 0.837. The lowest BCUT2D eigenvalue weighted by Gasteiger charge is -2.31. The maximum absolute atomic E-state index is 3.94. The molecule has 0 saturated heterocycles. The smallest absolute Gasteiger partial charge is 0.0328 e. The third kappa shape index (κ3) is 2.47. The van der Waals surface area contributed by atoms with Gasteiger partial charge in [-0.1, -0.05) is 50.5 Å². The fourth-order valence-electron chi connectivity index (χ4n) is 3.83. The predicted octanol–water partition coefficient (Wildman–Crippen LogP) is 4.23. The van der Waals surface area contributed by atoms with E-state index in [1.165, 1.54) is 44.9 Å². The van der Waals surface area contributed by atoms with E-state index in [1.807, 2.05) is 0 Å². The van der Waals surface area contributed by atoms with Gasteiger partial charge < -0.3 is 5.32 Å². The Kier molecular flexibility index (Phi) is 3.69. The molecule has 2 aliphatic rings. The second-order valence-corrected chi connectivity index (χ2v) is 6.09. The van der Waals surface area contributed by atoms with E-state index in [9.17, 15) is 0 Å². The van der Waals surface area contributed by atoms with Crippen LogP contribution in [0.3, 0.4) is 0 Å². The molecule has 1 saturated carbocycles. The summed E-state index contributed by atoms with van der Waals surface area (Å²) in [5, 5.41) is 3.94. The fraction of sp³-hybridized carbons (Fsp3) is 0.647. The van der Waals surface area contributed by atoms with Crippen LogP contribution in [0.2, 0.25) is 0 Å². The second-order valence-electron chi connectivity index (χ2n) is 6.09. The summed E-state index contributed by atoms with van der Waals surface area (Å²) in [6.45, 7) is 2.35. The van der Waals surface area contributed by atoms with Crippen molar-refractivity contribution < 1.29 is 0 Å². The van der Waals surface area contributed by atoms with Gasteiger partial charge in [-0.25, -0.2) is 0 Å². The average Bonchev–Trinajstić information content (AvgIpc) is 2.83. The molecule has 18 heavy (non-hydrogen) atoms. The molecule has 3 atom stereocenters. The maximum Gasteiger partial charge on any atom is 0.0328 e. The van der Waals surface area contributed by atoms with Crippen LogP contribution in [0.4, 0.5) is 0 Å². The minimum atomic E-state index is 0.627. The monoisotopic (exact) mass is 243 g/mol. The van der Waals surface area contributed by atoms with Gasteiger partial charge in [-0.2, -0.15) is 0 Å². The van der Waals surface area contributed by atoms with Gasteiger partial charge in [0, 0.05) is 12.1 Å². The lowest BCUT2D eigenvalue weighted by molar-refractivity contribution is 0.261. The normalized spacial score (nSPS) is 31.3. The van der Waals surface area contributed by atoms with Crippen LogP contribution in [0, 0.1) is 5.92 Å². The molecule has 0 aliphatic heterocycles. The van der Waals surface area contributed by atoms with E-state index in [0.29, 0.717) is 6.04 Å². The SMILES string of the molecule is CCC1CCCC(NC2CCc3ccccc32)C1. The zero-order valence-corrected chi connectivity index (χ0v) is 11.5. The molecule has 0 radical (unpaired) electrons. The summed E-state index contributed by atoms with van der Waals surface area (Å²) in [7, 11) is 0. The van der Waals surface area contributed by atoms with Crippen LogP contribution < -0.4 is 5.32 Å². The Hall–Kier alpha value is -0.820. The van der Waals surface area contributed by atoms with Crippen molar-refractivity contribution in [2.75, 3.05) is 0 Å². The highest BCUT2D eigenvalue weighted by Crippen LogP contribution is 2.34. The van der Waals surface area contributed by atoms with E-state index < -0.39 is 0 Å². The minimum Gasteiger partial charge on any atom is -0.307 e. The summed E-state index contributed by atoms with van der Waals surface area (Å²) in [4.78, 5) is 0. The van der Waals surface area contributed by atoms with Crippen molar-refractivity contribution in [1.29, 1.82) is 0 Å². The first kappa shape index (κ1) is 12.2. The number of nitrogens with one attached hydrogen (secondary N) is 1. The van der Waals surface area contributed by atoms with Gasteiger partial charge in [-0.15, -0.1) is 0 Å². The zero-order chi connectivity index (χ0) is 12.4. The van der Waals surface area contributed by atoms with Crippen LogP contribution in [0.15, 0.2) is 24.3 Å². The zero-order valence-electron chi connectivity index (χ0n) is 11.5. The molecule has 1 heteroatoms. The minimum absolute atomic E-state index is 0.627. The molecule has 1 aromatic carbocycles. The van der Waals surface area contributed by atoms with E-state index >= 15 is 0 Å². The summed E-state index contributed by atoms with van der Waals surface area (Å²) in [6, 6.07) is 10.4. The van der Waals surface area contributed by atoms with Gasteiger partial charge in [-0.05, 0) is 42.7 Å². The molecule has 0 bridgehead atoms. The van der Waals surface area contributed by atoms with Crippen LogP contribution in [0.5, 0.6) is 0 Å². The van der Waals surface area contributed by atoms with Crippen molar-refractivity contribution in [3.63, 3.8) is 0 Å². The van der Waals surface area contributed by atoms with E-state index in [0.717, 1.165) is 12.0 Å². The Morgan fingerprint density at radius 3 is 2.94 bits per heavy atom. The Balaban J connectivity index is 1.64. The Morgan fingerprint density at radius 2 is 2.06 bits per heavy atom. The van der Waals surface area contributed by atoms with Crippen LogP contribution in [-0.4, -0.2) is 6.04 Å². The van der Waals surface area contributed by atoms with E-state index in [4.69, 9.17) is 0 Å². The number of hydrogen-bond donors (Lipinski definition) is 1. The van der Waals surface area contributed by atoms with Crippen LogP contribution >= 0.6 is 0 Å². The Labute approximate surface area is 111 Å². The molecule has 1 nitrogen and oxygen atoms in total. The summed E-state index contributed by atoms with van der Waals surface area (Å²) < 4.78 is 0.